The van der Waals surface area contributed by atoms with E-state index in [-0.39, 0.29) is 0 Å². The number of unbranched alkanes of at least 4 members (excludes halogenated alkanes) is 1. The Morgan fingerprint density at radius 1 is 0.690 bits per heavy atom. The summed E-state index contributed by atoms with van der Waals surface area (Å²) in [6, 6.07) is 34.0. The fourth-order valence-corrected chi connectivity index (χ4v) is 5.85. The normalized spacial score (nSPS) is 12.9. The zero-order valence-electron chi connectivity index (χ0n) is 23.8. The average Bonchev–Trinajstić information content (AvgIpc) is 3.56. The number of hydrogen-bond donors (Lipinski definition) is 0. The molecule has 5 heteroatoms. The minimum atomic E-state index is 0.613. The molecule has 0 aliphatic heterocycles. The van der Waals surface area contributed by atoms with Crippen molar-refractivity contribution in [2.75, 3.05) is 0 Å². The molecule has 3 aromatic heterocycles. The van der Waals surface area contributed by atoms with Crippen LogP contribution in [-0.2, 0) is 0 Å². The molecule has 0 N–H and O–H groups in total. The average molecular weight is 546 g/mol. The van der Waals surface area contributed by atoms with Crippen LogP contribution in [-0.4, -0.2) is 25.3 Å². The molecule has 7 aromatic rings. The second-order valence-electron chi connectivity index (χ2n) is 10.4. The number of aliphatic imine (C=N–C) groups is 1. The van der Waals surface area contributed by atoms with Crippen molar-refractivity contribution in [2.45, 2.75) is 26.7 Å². The lowest BCUT2D eigenvalue weighted by Gasteiger charge is -2.10. The van der Waals surface area contributed by atoms with Gasteiger partial charge in [-0.2, -0.15) is 0 Å². The summed E-state index contributed by atoms with van der Waals surface area (Å²) in [6.45, 7) is 4.22. The molecule has 3 heterocycles. The SMILES string of the molecule is C\C=C(/C=N/C(=C/CCC)c1ncc(-n2c3ccccc3c3ccccc32)cn1)n1c2ccccc2c2ccccc21. The van der Waals surface area contributed by atoms with Gasteiger partial charge < -0.3 is 9.13 Å². The van der Waals surface area contributed by atoms with Crippen molar-refractivity contribution in [3.63, 3.8) is 0 Å². The molecule has 0 atom stereocenters. The Labute approximate surface area is 244 Å². The van der Waals surface area contributed by atoms with E-state index < -0.39 is 0 Å². The third-order valence-electron chi connectivity index (χ3n) is 7.80. The Hall–Kier alpha value is -5.29. The third kappa shape index (κ3) is 4.31. The van der Waals surface area contributed by atoms with E-state index in [4.69, 9.17) is 15.0 Å². The first-order valence-electron chi connectivity index (χ1n) is 14.5. The van der Waals surface area contributed by atoms with Crippen LogP contribution in [0.25, 0.3) is 60.7 Å². The molecule has 204 valence electrons. The molecule has 42 heavy (non-hydrogen) atoms. The van der Waals surface area contributed by atoms with Crippen LogP contribution < -0.4 is 0 Å². The first-order chi connectivity index (χ1) is 20.8. The number of fused-ring (bicyclic) bond motifs is 6. The monoisotopic (exact) mass is 545 g/mol. The van der Waals surface area contributed by atoms with Gasteiger partial charge in [-0.15, -0.1) is 0 Å². The van der Waals surface area contributed by atoms with E-state index in [9.17, 15) is 0 Å². The van der Waals surface area contributed by atoms with E-state index in [0.717, 1.165) is 52.0 Å². The molecule has 0 unspecified atom stereocenters. The summed E-state index contributed by atoms with van der Waals surface area (Å²) in [4.78, 5) is 14.6. The summed E-state index contributed by atoms with van der Waals surface area (Å²) in [5.41, 5.74) is 7.28. The van der Waals surface area contributed by atoms with Gasteiger partial charge in [0.25, 0.3) is 0 Å². The molecular formula is C37H31N5. The number of rotatable bonds is 7. The molecule has 0 amide bonds. The molecule has 0 bridgehead atoms. The van der Waals surface area contributed by atoms with E-state index in [1.807, 2.05) is 18.6 Å². The van der Waals surface area contributed by atoms with Crippen LogP contribution in [0.1, 0.15) is 32.5 Å². The van der Waals surface area contributed by atoms with Crippen LogP contribution >= 0.6 is 0 Å². The van der Waals surface area contributed by atoms with Crippen molar-refractivity contribution in [3.8, 4) is 5.69 Å². The van der Waals surface area contributed by atoms with Gasteiger partial charge in [-0.3, -0.25) is 4.99 Å². The molecule has 0 aliphatic carbocycles. The van der Waals surface area contributed by atoms with Crippen molar-refractivity contribution in [3.05, 3.63) is 127 Å². The van der Waals surface area contributed by atoms with Crippen LogP contribution in [0.3, 0.4) is 0 Å². The zero-order chi connectivity index (χ0) is 28.5. The van der Waals surface area contributed by atoms with Crippen molar-refractivity contribution in [1.29, 1.82) is 0 Å². The van der Waals surface area contributed by atoms with Gasteiger partial charge in [0.2, 0.25) is 0 Å². The topological polar surface area (TPSA) is 48.0 Å². The molecule has 0 aliphatic rings. The zero-order valence-corrected chi connectivity index (χ0v) is 23.8. The molecule has 4 aromatic carbocycles. The lowest BCUT2D eigenvalue weighted by Crippen LogP contribution is -2.01. The highest BCUT2D eigenvalue weighted by Crippen LogP contribution is 2.33. The second-order valence-corrected chi connectivity index (χ2v) is 10.4. The van der Waals surface area contributed by atoms with Gasteiger partial charge in [-0.05, 0) is 37.6 Å². The van der Waals surface area contributed by atoms with Gasteiger partial charge in [-0.1, -0.05) is 98.3 Å². The molecule has 0 fully saturated rings. The molecule has 0 saturated carbocycles. The lowest BCUT2D eigenvalue weighted by molar-refractivity contribution is 0.953. The van der Waals surface area contributed by atoms with E-state index in [1.54, 1.807) is 0 Å². The van der Waals surface area contributed by atoms with Crippen molar-refractivity contribution >= 4 is 61.2 Å². The quantitative estimate of drug-likeness (QED) is 0.187. The number of para-hydroxylation sites is 4. The third-order valence-corrected chi connectivity index (χ3v) is 7.80. The molecule has 7 rings (SSSR count). The highest BCUT2D eigenvalue weighted by molar-refractivity contribution is 6.16. The number of hydrogen-bond acceptors (Lipinski definition) is 3. The van der Waals surface area contributed by atoms with Gasteiger partial charge in [0, 0.05) is 21.5 Å². The Morgan fingerprint density at radius 2 is 1.17 bits per heavy atom. The molecule has 5 nitrogen and oxygen atoms in total. The number of benzene rings is 4. The second kappa shape index (κ2) is 10.9. The Kier molecular flexibility index (Phi) is 6.68. The lowest BCUT2D eigenvalue weighted by atomic mass is 10.2. The van der Waals surface area contributed by atoms with Crippen molar-refractivity contribution < 1.29 is 0 Å². The number of allylic oxidation sites excluding steroid dienone is 3. The van der Waals surface area contributed by atoms with Gasteiger partial charge >= 0.3 is 0 Å². The van der Waals surface area contributed by atoms with Crippen LogP contribution in [0.4, 0.5) is 0 Å². The molecule has 0 spiro atoms. The molecular weight excluding hydrogens is 514 g/mol. The molecule has 0 radical (unpaired) electrons. The number of nitrogens with zero attached hydrogens (tertiary/aromatic N) is 5. The predicted molar refractivity (Wildman–Crippen MR) is 177 cm³/mol. The van der Waals surface area contributed by atoms with Crippen LogP contribution in [0.2, 0.25) is 0 Å². The van der Waals surface area contributed by atoms with Gasteiger partial charge in [-0.25, -0.2) is 9.97 Å². The van der Waals surface area contributed by atoms with Crippen molar-refractivity contribution in [1.82, 2.24) is 19.1 Å². The summed E-state index contributed by atoms with van der Waals surface area (Å²) in [5, 5.41) is 4.89. The fourth-order valence-electron chi connectivity index (χ4n) is 5.85. The number of aromatic nitrogens is 4. The highest BCUT2D eigenvalue weighted by atomic mass is 15.0. The largest absolute Gasteiger partial charge is 0.308 e. The first-order valence-corrected chi connectivity index (χ1v) is 14.5. The van der Waals surface area contributed by atoms with E-state index >= 15 is 0 Å². The summed E-state index contributed by atoms with van der Waals surface area (Å²) in [6.07, 6.45) is 11.9. The minimum absolute atomic E-state index is 0.613. The maximum Gasteiger partial charge on any atom is 0.177 e. The van der Waals surface area contributed by atoms with E-state index in [0.29, 0.717) is 5.82 Å². The van der Waals surface area contributed by atoms with Gasteiger partial charge in [0.05, 0.1) is 52.1 Å². The van der Waals surface area contributed by atoms with E-state index in [1.165, 1.54) is 21.5 Å². The van der Waals surface area contributed by atoms with Crippen LogP contribution in [0.15, 0.2) is 127 Å². The predicted octanol–water partition coefficient (Wildman–Crippen LogP) is 9.45. The Bertz CT molecular complexity index is 2050. The molecule has 0 saturated heterocycles. The van der Waals surface area contributed by atoms with Crippen molar-refractivity contribution in [2.24, 2.45) is 4.99 Å². The summed E-state index contributed by atoms with van der Waals surface area (Å²) in [5.74, 6) is 0.613. The van der Waals surface area contributed by atoms with E-state index in [2.05, 4.69) is 132 Å². The van der Waals surface area contributed by atoms with Gasteiger partial charge in [0.1, 0.15) is 5.70 Å². The first kappa shape index (κ1) is 25.7. The minimum Gasteiger partial charge on any atom is -0.308 e. The summed E-state index contributed by atoms with van der Waals surface area (Å²) >= 11 is 0. The standard InChI is InChI=1S/C37H31N5/c1-3-5-18-32(38-23-26(4-2)41-33-19-10-6-14-28(33)29-15-7-11-20-34(29)41)37-39-24-27(25-40-37)42-35-21-12-8-16-30(35)31-17-9-13-22-36(31)42/h4,6-25H,3,5H2,1-2H3/b26-4+,32-18+,38-23+. The smallest absolute Gasteiger partial charge is 0.177 e. The van der Waals surface area contributed by atoms with Crippen LogP contribution in [0, 0.1) is 0 Å². The summed E-state index contributed by atoms with van der Waals surface area (Å²) < 4.78 is 4.51. The van der Waals surface area contributed by atoms with Crippen LogP contribution in [0.5, 0.6) is 0 Å². The van der Waals surface area contributed by atoms with Gasteiger partial charge in [0.15, 0.2) is 5.82 Å². The Balaban J connectivity index is 1.28. The maximum atomic E-state index is 4.98. The maximum absolute atomic E-state index is 4.98. The Morgan fingerprint density at radius 3 is 1.67 bits per heavy atom. The highest BCUT2D eigenvalue weighted by Gasteiger charge is 2.14. The fraction of sp³-hybridized carbons (Fsp3) is 0.108. The summed E-state index contributed by atoms with van der Waals surface area (Å²) in [7, 11) is 0.